The van der Waals surface area contributed by atoms with E-state index in [9.17, 15) is 18.0 Å². The first-order valence-corrected chi connectivity index (χ1v) is 10.7. The number of rotatable bonds is 5. The fourth-order valence-electron chi connectivity index (χ4n) is 3.30. The fraction of sp³-hybridized carbons (Fsp3) is 0.556. The van der Waals surface area contributed by atoms with E-state index in [1.165, 1.54) is 27.1 Å². The molecule has 27 heavy (non-hydrogen) atoms. The van der Waals surface area contributed by atoms with Crippen LogP contribution in [0.1, 0.15) is 39.5 Å². The summed E-state index contributed by atoms with van der Waals surface area (Å²) in [6.45, 7) is 4.48. The number of carbonyl (C=O) groups is 1. The number of hydrogen-bond donors (Lipinski definition) is 1. The molecule has 1 fully saturated rings. The van der Waals surface area contributed by atoms with Crippen molar-refractivity contribution in [2.45, 2.75) is 57.0 Å². The van der Waals surface area contributed by atoms with Crippen molar-refractivity contribution in [1.29, 1.82) is 0 Å². The zero-order valence-corrected chi connectivity index (χ0v) is 16.4. The van der Waals surface area contributed by atoms with Crippen LogP contribution in [0.4, 0.5) is 0 Å². The quantitative estimate of drug-likeness (QED) is 0.830. The summed E-state index contributed by atoms with van der Waals surface area (Å²) < 4.78 is 33.7. The van der Waals surface area contributed by atoms with E-state index in [0.717, 1.165) is 25.7 Å². The highest BCUT2D eigenvalue weighted by Gasteiger charge is 2.26. The van der Waals surface area contributed by atoms with Crippen molar-refractivity contribution in [2.75, 3.05) is 13.1 Å². The minimum atomic E-state index is -3.64. The third kappa shape index (κ3) is 4.24. The second kappa shape index (κ2) is 7.85. The van der Waals surface area contributed by atoms with E-state index in [1.54, 1.807) is 0 Å². The molecule has 1 saturated heterocycles. The summed E-state index contributed by atoms with van der Waals surface area (Å²) >= 11 is 0. The molecule has 8 nitrogen and oxygen atoms in total. The Bertz CT molecular complexity index is 982. The van der Waals surface area contributed by atoms with E-state index in [4.69, 9.17) is 4.42 Å². The normalized spacial score (nSPS) is 16.6. The molecular weight excluding hydrogens is 370 g/mol. The van der Waals surface area contributed by atoms with Crippen molar-refractivity contribution in [1.82, 2.24) is 14.2 Å². The molecule has 148 valence electrons. The summed E-state index contributed by atoms with van der Waals surface area (Å²) in [6.07, 6.45) is 3.75. The molecule has 1 aliphatic heterocycles. The number of benzene rings is 1. The van der Waals surface area contributed by atoms with Gasteiger partial charge in [-0.25, -0.2) is 13.2 Å². The van der Waals surface area contributed by atoms with Crippen LogP contribution in [-0.4, -0.2) is 42.3 Å². The van der Waals surface area contributed by atoms with Crippen molar-refractivity contribution in [3.8, 4) is 0 Å². The number of hydrogen-bond acceptors (Lipinski definition) is 5. The average molecular weight is 395 g/mol. The molecule has 2 heterocycles. The van der Waals surface area contributed by atoms with Crippen molar-refractivity contribution in [3.63, 3.8) is 0 Å². The van der Waals surface area contributed by atoms with E-state index >= 15 is 0 Å². The van der Waals surface area contributed by atoms with Gasteiger partial charge in [0, 0.05) is 25.2 Å². The van der Waals surface area contributed by atoms with Gasteiger partial charge in [-0.2, -0.15) is 4.31 Å². The Morgan fingerprint density at radius 3 is 2.48 bits per heavy atom. The molecule has 9 heteroatoms. The Labute approximate surface area is 158 Å². The number of carbonyl (C=O) groups excluding carboxylic acids is 1. The number of aromatic nitrogens is 1. The molecule has 0 aliphatic carbocycles. The molecule has 0 saturated carbocycles. The van der Waals surface area contributed by atoms with Crippen LogP contribution >= 0.6 is 0 Å². The lowest BCUT2D eigenvalue weighted by Crippen LogP contribution is -2.35. The zero-order valence-electron chi connectivity index (χ0n) is 15.6. The van der Waals surface area contributed by atoms with Crippen LogP contribution in [0.25, 0.3) is 11.1 Å². The first kappa shape index (κ1) is 19.6. The van der Waals surface area contributed by atoms with Crippen LogP contribution in [0.2, 0.25) is 0 Å². The standard InChI is InChI=1S/C18H25N3O5S/c1-13(2)19-17(22)12-21-15-8-7-14(11-16(15)26-18(21)23)27(24,25)20-9-5-3-4-6-10-20/h7-8,11,13H,3-6,9-10,12H2,1-2H3,(H,19,22). The summed E-state index contributed by atoms with van der Waals surface area (Å²) in [4.78, 5) is 24.2. The van der Waals surface area contributed by atoms with Gasteiger partial charge < -0.3 is 9.73 Å². The maximum atomic E-state index is 12.9. The highest BCUT2D eigenvalue weighted by molar-refractivity contribution is 7.89. The summed E-state index contributed by atoms with van der Waals surface area (Å²) in [5, 5.41) is 2.71. The number of nitrogens with zero attached hydrogens (tertiary/aromatic N) is 2. The second-order valence-electron chi connectivity index (χ2n) is 7.12. The Morgan fingerprint density at radius 2 is 1.85 bits per heavy atom. The SMILES string of the molecule is CC(C)NC(=O)Cn1c(=O)oc2cc(S(=O)(=O)N3CCCCCC3)ccc21. The first-order chi connectivity index (χ1) is 12.8. The third-order valence-electron chi connectivity index (χ3n) is 4.59. The third-order valence-corrected chi connectivity index (χ3v) is 6.49. The van der Waals surface area contributed by atoms with Crippen molar-refractivity contribution < 1.29 is 17.6 Å². The summed E-state index contributed by atoms with van der Waals surface area (Å²) in [6, 6.07) is 4.31. The molecule has 1 aliphatic rings. The van der Waals surface area contributed by atoms with Gasteiger partial charge in [0.1, 0.15) is 6.54 Å². The number of fused-ring (bicyclic) bond motifs is 1. The topological polar surface area (TPSA) is 102 Å². The monoisotopic (exact) mass is 395 g/mol. The molecule has 0 radical (unpaired) electrons. The Balaban J connectivity index is 1.92. The van der Waals surface area contributed by atoms with Crippen LogP contribution in [0.5, 0.6) is 0 Å². The van der Waals surface area contributed by atoms with E-state index in [2.05, 4.69) is 5.32 Å². The van der Waals surface area contributed by atoms with Crippen molar-refractivity contribution >= 4 is 27.0 Å². The molecule has 0 bridgehead atoms. The number of oxazole rings is 1. The molecule has 1 aromatic carbocycles. The average Bonchev–Trinajstić information content (AvgIpc) is 2.79. The molecule has 1 aromatic heterocycles. The van der Waals surface area contributed by atoms with Gasteiger partial charge in [-0.05, 0) is 38.8 Å². The minimum absolute atomic E-state index is 0.0447. The largest absolute Gasteiger partial charge is 0.420 e. The molecule has 0 unspecified atom stereocenters. The van der Waals surface area contributed by atoms with Crippen LogP contribution in [0.3, 0.4) is 0 Å². The van der Waals surface area contributed by atoms with E-state index in [0.29, 0.717) is 18.6 Å². The van der Waals surface area contributed by atoms with Gasteiger partial charge in [0.05, 0.1) is 10.4 Å². The highest BCUT2D eigenvalue weighted by atomic mass is 32.2. The molecule has 0 spiro atoms. The van der Waals surface area contributed by atoms with Gasteiger partial charge in [-0.15, -0.1) is 0 Å². The maximum Gasteiger partial charge on any atom is 0.420 e. The maximum absolute atomic E-state index is 12.9. The fourth-order valence-corrected chi connectivity index (χ4v) is 4.83. The molecule has 1 amide bonds. The van der Waals surface area contributed by atoms with E-state index in [1.807, 2.05) is 13.8 Å². The lowest BCUT2D eigenvalue weighted by molar-refractivity contribution is -0.122. The second-order valence-corrected chi connectivity index (χ2v) is 9.06. The molecule has 2 aromatic rings. The van der Waals surface area contributed by atoms with E-state index < -0.39 is 15.8 Å². The predicted molar refractivity (Wildman–Crippen MR) is 101 cm³/mol. The predicted octanol–water partition coefficient (Wildman–Crippen LogP) is 1.68. The number of sulfonamides is 1. The van der Waals surface area contributed by atoms with Gasteiger partial charge in [0.2, 0.25) is 15.9 Å². The molecule has 0 atom stereocenters. The summed E-state index contributed by atoms with van der Waals surface area (Å²) in [7, 11) is -3.64. The Hall–Kier alpha value is -2.13. The molecular formula is C18H25N3O5S. The van der Waals surface area contributed by atoms with Gasteiger partial charge in [-0.1, -0.05) is 12.8 Å². The van der Waals surface area contributed by atoms with Gasteiger partial charge >= 0.3 is 5.76 Å². The highest BCUT2D eigenvalue weighted by Crippen LogP contribution is 2.24. The number of nitrogens with one attached hydrogen (secondary N) is 1. The smallest absolute Gasteiger partial charge is 0.408 e. The van der Waals surface area contributed by atoms with E-state index in [-0.39, 0.29) is 29.0 Å². The van der Waals surface area contributed by atoms with Crippen LogP contribution in [0, 0.1) is 0 Å². The van der Waals surface area contributed by atoms with Crippen molar-refractivity contribution in [3.05, 3.63) is 28.7 Å². The van der Waals surface area contributed by atoms with Crippen LogP contribution < -0.4 is 11.1 Å². The van der Waals surface area contributed by atoms with Crippen molar-refractivity contribution in [2.24, 2.45) is 0 Å². The molecule has 1 N–H and O–H groups in total. The van der Waals surface area contributed by atoms with Crippen LogP contribution in [0.15, 0.2) is 32.3 Å². The lowest BCUT2D eigenvalue weighted by Gasteiger charge is -2.19. The Kier molecular flexibility index (Phi) is 5.71. The van der Waals surface area contributed by atoms with Gasteiger partial charge in [-0.3, -0.25) is 9.36 Å². The summed E-state index contributed by atoms with van der Waals surface area (Å²) in [5.41, 5.74) is 0.557. The Morgan fingerprint density at radius 1 is 1.19 bits per heavy atom. The lowest BCUT2D eigenvalue weighted by atomic mass is 10.2. The minimum Gasteiger partial charge on any atom is -0.408 e. The number of amides is 1. The zero-order chi connectivity index (χ0) is 19.6. The molecule has 3 rings (SSSR count). The first-order valence-electron chi connectivity index (χ1n) is 9.22. The van der Waals surface area contributed by atoms with Gasteiger partial charge in [0.25, 0.3) is 0 Å². The van der Waals surface area contributed by atoms with Gasteiger partial charge in [0.15, 0.2) is 5.58 Å². The van der Waals surface area contributed by atoms with Crippen LogP contribution in [-0.2, 0) is 21.4 Å². The summed E-state index contributed by atoms with van der Waals surface area (Å²) in [5.74, 6) is -0.996.